The van der Waals surface area contributed by atoms with Crippen LogP contribution in [0.3, 0.4) is 0 Å². The van der Waals surface area contributed by atoms with Gasteiger partial charge in [-0.2, -0.15) is 5.10 Å². The van der Waals surface area contributed by atoms with Gasteiger partial charge >= 0.3 is 0 Å². The maximum Gasteiger partial charge on any atom is 0.261 e. The molecule has 1 amide bonds. The van der Waals surface area contributed by atoms with Gasteiger partial charge in [-0.05, 0) is 28.1 Å². The Balaban J connectivity index is 1.86. The number of hydrogen-bond acceptors (Lipinski definition) is 7. The van der Waals surface area contributed by atoms with E-state index in [9.17, 15) is 4.79 Å². The van der Waals surface area contributed by atoms with E-state index in [0.717, 1.165) is 10.2 Å². The molecular weight excluding hydrogens is 236 g/mol. The fourth-order valence-corrected chi connectivity index (χ4v) is 1.12. The van der Waals surface area contributed by atoms with E-state index in [1.54, 1.807) is 24.5 Å². The molecule has 3 N–H and O–H groups in total. The molecule has 18 heavy (non-hydrogen) atoms. The molecule has 0 bridgehead atoms. The second-order valence-corrected chi connectivity index (χ2v) is 3.27. The first kappa shape index (κ1) is 11.6. The minimum absolute atomic E-state index is 0.0725. The number of nitrogens with two attached hydrogens (primary N) is 1. The molecule has 0 aliphatic rings. The van der Waals surface area contributed by atoms with Crippen molar-refractivity contribution in [3.63, 3.8) is 0 Å². The summed E-state index contributed by atoms with van der Waals surface area (Å²) in [5.74, 6) is -0.303. The third-order valence-electron chi connectivity index (χ3n) is 1.96. The number of nitrogens with one attached hydrogen (secondary N) is 1. The summed E-state index contributed by atoms with van der Waals surface area (Å²) in [7, 11) is 0. The Morgan fingerprint density at radius 3 is 2.94 bits per heavy atom. The van der Waals surface area contributed by atoms with E-state index in [4.69, 9.17) is 5.73 Å². The van der Waals surface area contributed by atoms with Crippen LogP contribution in [0, 0.1) is 0 Å². The molecule has 0 radical (unpaired) electrons. The predicted molar refractivity (Wildman–Crippen MR) is 62.2 cm³/mol. The lowest BCUT2D eigenvalue weighted by Gasteiger charge is -1.99. The Morgan fingerprint density at radius 2 is 2.28 bits per heavy atom. The van der Waals surface area contributed by atoms with Crippen molar-refractivity contribution in [2.45, 2.75) is 6.54 Å². The lowest BCUT2D eigenvalue weighted by atomic mass is 10.3. The van der Waals surface area contributed by atoms with Crippen molar-refractivity contribution in [2.75, 3.05) is 5.73 Å². The van der Waals surface area contributed by atoms with E-state index in [-0.39, 0.29) is 18.4 Å². The van der Waals surface area contributed by atoms with Crippen molar-refractivity contribution >= 4 is 18.1 Å². The average Bonchev–Trinajstić information content (AvgIpc) is 2.76. The number of anilines is 1. The zero-order chi connectivity index (χ0) is 12.8. The summed E-state index contributed by atoms with van der Waals surface area (Å²) in [5.41, 5.74) is 8.57. The van der Waals surface area contributed by atoms with Gasteiger partial charge in [-0.3, -0.25) is 9.78 Å². The largest absolute Gasteiger partial charge is 0.367 e. The first-order chi connectivity index (χ1) is 8.75. The highest BCUT2D eigenvalue weighted by Gasteiger charge is 2.06. The molecule has 92 valence electrons. The highest BCUT2D eigenvalue weighted by Crippen LogP contribution is 1.92. The van der Waals surface area contributed by atoms with Gasteiger partial charge in [-0.25, -0.2) is 10.1 Å². The van der Waals surface area contributed by atoms with Crippen molar-refractivity contribution in [2.24, 2.45) is 5.10 Å². The van der Waals surface area contributed by atoms with Gasteiger partial charge in [0.25, 0.3) is 5.91 Å². The molecule has 0 aliphatic heterocycles. The van der Waals surface area contributed by atoms with Crippen molar-refractivity contribution in [3.05, 3.63) is 30.1 Å². The first-order valence-electron chi connectivity index (χ1n) is 4.99. The molecule has 0 fully saturated rings. The molecule has 0 atom stereocenters. The number of nitrogen functional groups attached to an aromatic ring is 1. The van der Waals surface area contributed by atoms with Crippen molar-refractivity contribution in [3.8, 4) is 0 Å². The third kappa shape index (κ3) is 3.07. The van der Waals surface area contributed by atoms with Crippen LogP contribution in [0.2, 0.25) is 0 Å². The summed E-state index contributed by atoms with van der Waals surface area (Å²) < 4.78 is 1.16. The van der Waals surface area contributed by atoms with Gasteiger partial charge in [-0.1, -0.05) is 5.10 Å². The van der Waals surface area contributed by atoms with E-state index >= 15 is 0 Å². The number of amides is 1. The SMILES string of the molecule is Nc1nnnn1CC(=O)N/N=C/c1ccncc1. The van der Waals surface area contributed by atoms with Crippen LogP contribution in [0.5, 0.6) is 0 Å². The van der Waals surface area contributed by atoms with Crippen LogP contribution >= 0.6 is 0 Å². The van der Waals surface area contributed by atoms with E-state index in [0.29, 0.717) is 0 Å². The van der Waals surface area contributed by atoms with Gasteiger partial charge in [0.2, 0.25) is 5.95 Å². The van der Waals surface area contributed by atoms with Crippen molar-refractivity contribution < 1.29 is 4.79 Å². The monoisotopic (exact) mass is 246 g/mol. The highest BCUT2D eigenvalue weighted by atomic mass is 16.2. The van der Waals surface area contributed by atoms with Crippen molar-refractivity contribution in [1.29, 1.82) is 0 Å². The second-order valence-electron chi connectivity index (χ2n) is 3.27. The topological polar surface area (TPSA) is 124 Å². The third-order valence-corrected chi connectivity index (χ3v) is 1.96. The number of hydrazone groups is 1. The molecule has 2 heterocycles. The normalized spacial score (nSPS) is 10.7. The fraction of sp³-hybridized carbons (Fsp3) is 0.111. The number of hydrogen-bond donors (Lipinski definition) is 2. The lowest BCUT2D eigenvalue weighted by molar-refractivity contribution is -0.121. The van der Waals surface area contributed by atoms with Gasteiger partial charge in [-0.15, -0.1) is 0 Å². The number of aromatic nitrogens is 5. The molecule has 0 spiro atoms. The number of nitrogens with zero attached hydrogens (tertiary/aromatic N) is 6. The Bertz CT molecular complexity index is 549. The van der Waals surface area contributed by atoms with Gasteiger partial charge in [0.1, 0.15) is 6.54 Å². The average molecular weight is 246 g/mol. The Hall–Kier alpha value is -2.84. The van der Waals surface area contributed by atoms with E-state index < -0.39 is 0 Å². The molecule has 2 aromatic rings. The van der Waals surface area contributed by atoms with Crippen molar-refractivity contribution in [1.82, 2.24) is 30.6 Å². The Kier molecular flexibility index (Phi) is 3.54. The summed E-state index contributed by atoms with van der Waals surface area (Å²) >= 11 is 0. The highest BCUT2D eigenvalue weighted by molar-refractivity contribution is 5.82. The molecule has 0 unspecified atom stereocenters. The molecular formula is C9H10N8O. The van der Waals surface area contributed by atoms with E-state index in [1.165, 1.54) is 6.21 Å². The minimum atomic E-state index is -0.376. The molecule has 0 saturated carbocycles. The molecule has 9 nitrogen and oxygen atoms in total. The summed E-state index contributed by atoms with van der Waals surface area (Å²) in [6.45, 7) is -0.0908. The van der Waals surface area contributed by atoms with Gasteiger partial charge < -0.3 is 5.73 Å². The Labute approximate surface area is 102 Å². The van der Waals surface area contributed by atoms with Crippen LogP contribution in [0.25, 0.3) is 0 Å². The van der Waals surface area contributed by atoms with E-state index in [1.807, 2.05) is 0 Å². The van der Waals surface area contributed by atoms with Gasteiger partial charge in [0, 0.05) is 12.4 Å². The Morgan fingerprint density at radius 1 is 1.50 bits per heavy atom. The minimum Gasteiger partial charge on any atom is -0.367 e. The summed E-state index contributed by atoms with van der Waals surface area (Å²) in [5, 5.41) is 14.1. The van der Waals surface area contributed by atoms with E-state index in [2.05, 4.69) is 31.0 Å². The maximum atomic E-state index is 11.4. The van der Waals surface area contributed by atoms with Crippen LogP contribution < -0.4 is 11.2 Å². The summed E-state index contributed by atoms with van der Waals surface area (Å²) in [6, 6.07) is 3.52. The smallest absolute Gasteiger partial charge is 0.261 e. The summed E-state index contributed by atoms with van der Waals surface area (Å²) in [6.07, 6.45) is 4.76. The van der Waals surface area contributed by atoms with Gasteiger partial charge in [0.15, 0.2) is 0 Å². The molecule has 2 rings (SSSR count). The molecule has 9 heteroatoms. The first-order valence-corrected chi connectivity index (χ1v) is 4.99. The van der Waals surface area contributed by atoms with Crippen LogP contribution in [-0.2, 0) is 11.3 Å². The quantitative estimate of drug-likeness (QED) is 0.515. The zero-order valence-electron chi connectivity index (χ0n) is 9.26. The van der Waals surface area contributed by atoms with Crippen LogP contribution in [0.4, 0.5) is 5.95 Å². The standard InChI is InChI=1S/C9H10N8O/c10-9-14-15-16-17(9)6-8(18)13-12-5-7-1-3-11-4-2-7/h1-5H,6H2,(H,13,18)(H2,10,14,16)/b12-5+. The number of pyridine rings is 1. The number of carbonyl (C=O) groups excluding carboxylic acids is 1. The molecule has 2 aromatic heterocycles. The lowest BCUT2D eigenvalue weighted by Crippen LogP contribution is -2.24. The molecule has 0 saturated heterocycles. The zero-order valence-corrected chi connectivity index (χ0v) is 9.26. The van der Waals surface area contributed by atoms with Crippen LogP contribution in [0.15, 0.2) is 29.6 Å². The van der Waals surface area contributed by atoms with Gasteiger partial charge in [0.05, 0.1) is 6.21 Å². The second kappa shape index (κ2) is 5.48. The predicted octanol–water partition coefficient (Wildman–Crippen LogP) is -1.20. The molecule has 0 aliphatic carbocycles. The van der Waals surface area contributed by atoms with Crippen LogP contribution in [0.1, 0.15) is 5.56 Å². The number of tetrazole rings is 1. The number of rotatable bonds is 4. The number of carbonyl (C=O) groups is 1. The van der Waals surface area contributed by atoms with Crippen LogP contribution in [-0.4, -0.2) is 37.3 Å². The summed E-state index contributed by atoms with van der Waals surface area (Å²) in [4.78, 5) is 15.3. The fourth-order valence-electron chi connectivity index (χ4n) is 1.12. The molecule has 0 aromatic carbocycles. The maximum absolute atomic E-state index is 11.4.